The van der Waals surface area contributed by atoms with E-state index >= 15 is 15.3 Å². The van der Waals surface area contributed by atoms with Crippen LogP contribution in [0.15, 0.2) is 97.1 Å². The first-order valence-corrected chi connectivity index (χ1v) is 35.9. The van der Waals surface area contributed by atoms with Crippen molar-refractivity contribution in [2.24, 2.45) is 53.3 Å². The van der Waals surface area contributed by atoms with Crippen LogP contribution >= 0.6 is 0 Å². The van der Waals surface area contributed by atoms with Crippen molar-refractivity contribution in [3.05, 3.63) is 164 Å². The summed E-state index contributed by atoms with van der Waals surface area (Å²) in [4.78, 5) is 11.1. The Morgan fingerprint density at radius 3 is 0.802 bits per heavy atom. The van der Waals surface area contributed by atoms with Crippen LogP contribution in [0.25, 0.3) is 5.53 Å². The fourth-order valence-electron chi connectivity index (χ4n) is 22.1. The predicted molar refractivity (Wildman–Crippen MR) is 359 cm³/mol. The van der Waals surface area contributed by atoms with Crippen molar-refractivity contribution < 1.29 is 51.2 Å². The molecule has 5 aromatic carbocycles. The van der Waals surface area contributed by atoms with Gasteiger partial charge in [0, 0.05) is 58.9 Å². The van der Waals surface area contributed by atoms with Gasteiger partial charge in [0.05, 0.1) is 11.1 Å². The summed E-state index contributed by atoms with van der Waals surface area (Å²) < 4.78 is 0. The van der Waals surface area contributed by atoms with Crippen molar-refractivity contribution in [3.8, 4) is 17.2 Å². The van der Waals surface area contributed by atoms with E-state index in [2.05, 4.69) is 118 Å². The van der Waals surface area contributed by atoms with E-state index in [0.29, 0.717) is 42.6 Å². The summed E-state index contributed by atoms with van der Waals surface area (Å²) in [6, 6.07) is 33.3. The maximum Gasteiger partial charge on any atom is 3.00 e. The van der Waals surface area contributed by atoms with Gasteiger partial charge in [-0.05, 0) is 276 Å². The molecular weight excluding hydrogens is 1340 g/mol. The summed E-state index contributed by atoms with van der Waals surface area (Å²) in [5, 5.41) is 46.1. The molecule has 1 saturated heterocycles. The average molecular weight is 1450 g/mol. The van der Waals surface area contributed by atoms with E-state index in [1.165, 1.54) is 132 Å². The Labute approximate surface area is 571 Å². The van der Waals surface area contributed by atoms with Gasteiger partial charge in [0.2, 0.25) is 0 Å². The molecule has 91 heavy (non-hydrogen) atoms. The van der Waals surface area contributed by atoms with Gasteiger partial charge in [0.25, 0.3) is 0 Å². The van der Waals surface area contributed by atoms with Crippen LogP contribution < -0.4 is 15.3 Å². The maximum atomic E-state index is 15.4. The molecule has 0 spiro atoms. The summed E-state index contributed by atoms with van der Waals surface area (Å²) in [7, 11) is 0. The fraction of sp³-hybridized carbons (Fsp3) is 0.622. The Kier molecular flexibility index (Phi) is 18.1. The zero-order valence-electron chi connectivity index (χ0n) is 57.0. The molecule has 9 heteroatoms. The third-order valence-corrected chi connectivity index (χ3v) is 25.5. The van der Waals surface area contributed by atoms with Gasteiger partial charge in [-0.3, -0.25) is 14.7 Å². The maximum absolute atomic E-state index is 15.4. The van der Waals surface area contributed by atoms with E-state index in [1.807, 2.05) is 60.7 Å². The van der Waals surface area contributed by atoms with Gasteiger partial charge in [0.15, 0.2) is 0 Å². The molecule has 0 atom stereocenters. The largest absolute Gasteiger partial charge is 3.00 e. The Bertz CT molecular complexity index is 3060. The molecule has 13 fully saturated rings. The van der Waals surface area contributed by atoms with Crippen LogP contribution in [0, 0.1) is 84.4 Å². The molecule has 1 aliphatic heterocycles. The molecule has 0 unspecified atom stereocenters. The SMILES string of the molecule is CC(C)(C)c1cc(CN2CCN(Cc3cc(C(C)(C)C)cc(C45CC6CC(CC(C6)C4)C5)c3[O-])CCN(Cc3cc(C(C)(C)C)cc(C45CC6CC(CC(C6)C4)C5)c3[O-])CC2)c([O-])c(C23CC4CC(CC(C4)C2)C3)c1.[N-]=[N+]=C(c1ccccc1)c1ccccc1.[U+3]. The van der Waals surface area contributed by atoms with Crippen molar-refractivity contribution in [2.75, 3.05) is 39.3 Å². The fourth-order valence-corrected chi connectivity index (χ4v) is 22.1. The number of nitrogens with zero attached hydrogens (tertiary/aromatic N) is 5. The molecule has 1 radical (unpaired) electrons. The van der Waals surface area contributed by atoms with E-state index in [1.54, 1.807) is 0 Å². The van der Waals surface area contributed by atoms with Crippen molar-refractivity contribution in [2.45, 2.75) is 230 Å². The first kappa shape index (κ1) is 65.5. The summed E-state index contributed by atoms with van der Waals surface area (Å²) in [6.45, 7) is 27.9. The first-order chi connectivity index (χ1) is 42.9. The number of benzene rings is 5. The summed E-state index contributed by atoms with van der Waals surface area (Å²) >= 11 is 0. The average Bonchev–Trinajstić information content (AvgIpc) is 0.775. The number of hydrogen-bond acceptors (Lipinski definition) is 6. The molecule has 12 bridgehead atoms. The molecule has 0 amide bonds. The summed E-state index contributed by atoms with van der Waals surface area (Å²) in [5.74, 6) is 7.93. The van der Waals surface area contributed by atoms with E-state index in [4.69, 9.17) is 5.53 Å². The predicted octanol–water partition coefficient (Wildman–Crippen LogP) is 15.8. The summed E-state index contributed by atoms with van der Waals surface area (Å²) in [6.07, 6.45) is 23.1. The van der Waals surface area contributed by atoms with Crippen molar-refractivity contribution in [1.29, 1.82) is 0 Å². The minimum Gasteiger partial charge on any atom is -0.872 e. The van der Waals surface area contributed by atoms with Crippen molar-refractivity contribution in [3.63, 3.8) is 0 Å². The van der Waals surface area contributed by atoms with Gasteiger partial charge in [-0.25, -0.2) is 0 Å². The molecule has 13 aliphatic rings. The molecule has 18 rings (SSSR count). The topological polar surface area (TPSA) is 115 Å². The molecule has 0 aromatic heterocycles. The minimum absolute atomic E-state index is 0. The quantitative estimate of drug-likeness (QED) is 0.0739. The molecule has 12 saturated carbocycles. The van der Waals surface area contributed by atoms with Crippen LogP contribution in [0.4, 0.5) is 0 Å². The van der Waals surface area contributed by atoms with Gasteiger partial charge in [-0.2, -0.15) is 4.79 Å². The van der Waals surface area contributed by atoms with Crippen LogP contribution in [-0.4, -0.2) is 64.5 Å². The van der Waals surface area contributed by atoms with Crippen LogP contribution in [-0.2, 0) is 52.1 Å². The molecule has 5 aromatic rings. The monoisotopic (exact) mass is 1450 g/mol. The minimum atomic E-state index is -0.0693. The van der Waals surface area contributed by atoms with Crippen molar-refractivity contribution in [1.82, 2.24) is 14.7 Å². The van der Waals surface area contributed by atoms with Crippen LogP contribution in [0.3, 0.4) is 0 Å². The van der Waals surface area contributed by atoms with Crippen LogP contribution in [0.1, 0.15) is 239 Å². The zero-order chi connectivity index (χ0) is 62.7. The van der Waals surface area contributed by atoms with Crippen LogP contribution in [0.5, 0.6) is 17.2 Å². The molecule has 1 heterocycles. The van der Waals surface area contributed by atoms with E-state index < -0.39 is 0 Å². The Morgan fingerprint density at radius 2 is 0.604 bits per heavy atom. The third kappa shape index (κ3) is 13.2. The first-order valence-electron chi connectivity index (χ1n) is 35.9. The molecule has 0 N–H and O–H groups in total. The zero-order valence-corrected chi connectivity index (χ0v) is 61.2. The Morgan fingerprint density at radius 1 is 0.385 bits per heavy atom. The summed E-state index contributed by atoms with van der Waals surface area (Å²) in [5.41, 5.74) is 21.6. The number of hydrogen-bond donors (Lipinski definition) is 0. The van der Waals surface area contributed by atoms with E-state index in [-0.39, 0.29) is 63.6 Å². The molecular formula is C82H106N5O3U. The molecule has 8 nitrogen and oxygen atoms in total. The van der Waals surface area contributed by atoms with Gasteiger partial charge in [-0.1, -0.05) is 135 Å². The second kappa shape index (κ2) is 25.1. The molecule has 12 aliphatic carbocycles. The Hall–Kier alpha value is -4.19. The van der Waals surface area contributed by atoms with E-state index in [9.17, 15) is 0 Å². The standard InChI is InChI=1S/C69H99N3O3.C13H10N2.U/c1-64(2,3)55-25-52(61(73)58(28-55)67-31-43-16-44(32-67)18-45(17-43)33-67)40-70-10-12-71(41-53-26-56(65(4,5)6)29-59(62(53)74)68-34-46-19-47(35-68)21-48(20-46)36-68)14-15-72(13-11-70)42-54-27-57(66(7,8)9)30-60(63(54)75)69-37-49-22-50(38-69)24-51(23-49)39-69;14-15-13(11-7-3-1-4-8-11)12-9-5-2-6-10-12;/h25-30,43-51,73-75H,10-24,31-42H2,1-9H3;1-10H;/q;;+3/p-3. The van der Waals surface area contributed by atoms with Gasteiger partial charge < -0.3 is 20.9 Å². The second-order valence-corrected chi connectivity index (χ2v) is 35.4. The molecule has 481 valence electrons. The van der Waals surface area contributed by atoms with Crippen LogP contribution in [0.2, 0.25) is 0 Å². The smallest absolute Gasteiger partial charge is 0.872 e. The van der Waals surface area contributed by atoms with E-state index in [0.717, 1.165) is 137 Å². The number of rotatable bonds is 11. The second-order valence-electron chi connectivity index (χ2n) is 35.4. The normalized spacial score (nSPS) is 31.9. The Balaban J connectivity index is 0.000000416. The van der Waals surface area contributed by atoms with Gasteiger partial charge >= 0.3 is 36.8 Å². The van der Waals surface area contributed by atoms with Crippen molar-refractivity contribution >= 4 is 5.71 Å². The van der Waals surface area contributed by atoms with Gasteiger partial charge in [0.1, 0.15) is 0 Å². The third-order valence-electron chi connectivity index (χ3n) is 25.5. The van der Waals surface area contributed by atoms with Gasteiger partial charge in [-0.15, -0.1) is 17.2 Å².